The minimum Gasteiger partial charge on any atom is -1.00 e. The number of benzene rings is 12. The fraction of sp³-hybridized carbons (Fsp3) is 0.194. The van der Waals surface area contributed by atoms with Crippen molar-refractivity contribution >= 4 is 153 Å². The molecule has 3 aliphatic carbocycles. The molecule has 0 saturated heterocycles. The molecule has 0 radical (unpaired) electrons. The Morgan fingerprint density at radius 1 is 0.408 bits per heavy atom. The van der Waals surface area contributed by atoms with E-state index < -0.39 is 29.0 Å². The predicted molar refractivity (Wildman–Crippen MR) is 496 cm³/mol. The predicted octanol–water partition coefficient (Wildman–Crippen LogP) is 17.2. The Hall–Kier alpha value is -11.7. The summed E-state index contributed by atoms with van der Waals surface area (Å²) in [5, 5.41) is 65.6. The van der Waals surface area contributed by atoms with Crippen LogP contribution in [0.1, 0.15) is 144 Å². The van der Waals surface area contributed by atoms with Crippen LogP contribution >= 0.6 is 46.4 Å². The maximum absolute atomic E-state index is 12.8. The van der Waals surface area contributed by atoms with Gasteiger partial charge in [0, 0.05) is 87.1 Å². The monoisotopic (exact) mass is 1860 g/mol. The zero-order chi connectivity index (χ0) is 92.8. The standard InChI is InChI=1S/2C25H18N2O2.2C22H18O3.2C3H2N2.2CH2Cl2.CH2O3.2K.H/c1-14(2)12-15-6-8-16(9-7-15)29-21-11-10-18-22-17(21)4-3-5-19(22)24-23(18)20(13-26)25(28)27-24;1-15(2)13-16-7-9-17(10-8-16)29-22-12-11-19-23-18(22)5-4-6-20(23)25(28)24(19)21(14-26)27-3;2*1-13(2)12-14-6-8-15(9-7-14)25-19-11-10-18-20-16(19)4-3-5-17(20)21(23)22(18)24;2*4-2-1-3-5;2*2-1-3;2-1-4-3;;;/h3-11,14H,12H2,1-2H3;4-12,15H,13H2,1-2H3;2*3-11,13H,12H2,1-2H3;2*1H2;2*1H2;1,3H;;;/q;;;;;;;;;2*+1;-1/p-1/b;24-21-;;;;;;;;;;. The van der Waals surface area contributed by atoms with E-state index in [-0.39, 0.29) is 156 Å². The topological polar surface area (TPSA) is 348 Å². The summed E-state index contributed by atoms with van der Waals surface area (Å²) in [6.45, 7) is 24.6. The van der Waals surface area contributed by atoms with E-state index in [9.17, 15) is 39.3 Å². The zero-order valence-electron chi connectivity index (χ0n) is 73.7. The van der Waals surface area contributed by atoms with Gasteiger partial charge in [0.2, 0.25) is 23.1 Å². The number of allylic oxidation sites excluding steroid dienone is 1. The van der Waals surface area contributed by atoms with Crippen LogP contribution in [-0.4, -0.2) is 51.9 Å². The van der Waals surface area contributed by atoms with Crippen LogP contribution in [0.3, 0.4) is 0 Å². The van der Waals surface area contributed by atoms with Crippen molar-refractivity contribution < 1.29 is 162 Å². The summed E-state index contributed by atoms with van der Waals surface area (Å²) >= 11 is 19.1. The van der Waals surface area contributed by atoms with Gasteiger partial charge < -0.3 is 30.5 Å². The van der Waals surface area contributed by atoms with Gasteiger partial charge in [0.15, 0.2) is 5.43 Å². The van der Waals surface area contributed by atoms with Crippen LogP contribution in [0.15, 0.2) is 234 Å². The number of fused-ring (bicyclic) bond motifs is 3. The normalized spacial score (nSPS) is 11.7. The van der Waals surface area contributed by atoms with Gasteiger partial charge in [-0.05, 0) is 174 Å². The second-order valence-corrected chi connectivity index (χ2v) is 32.0. The number of carbonyl (C=O) groups excluding carboxylic acids is 6. The zero-order valence-corrected chi connectivity index (χ0v) is 82.0. The summed E-state index contributed by atoms with van der Waals surface area (Å²) in [4.78, 5) is 91.8. The van der Waals surface area contributed by atoms with Crippen molar-refractivity contribution in [3.63, 3.8) is 0 Å². The first-order valence-electron chi connectivity index (χ1n) is 40.0. The Labute approximate surface area is 858 Å². The molecule has 4 aliphatic rings. The van der Waals surface area contributed by atoms with Gasteiger partial charge in [0.05, 0.1) is 53.3 Å². The number of hydrogen-bond acceptors (Lipinski definition) is 19. The first-order valence-corrected chi connectivity index (χ1v) is 42.2. The smallest absolute Gasteiger partial charge is 1.00 e. The molecule has 0 atom stereocenters. The van der Waals surface area contributed by atoms with E-state index in [2.05, 4.69) is 119 Å². The van der Waals surface area contributed by atoms with Gasteiger partial charge in [-0.25, -0.2) is 15.1 Å². The molecular weight excluding hydrogens is 1780 g/mol. The number of ketones is 4. The molecule has 13 aromatic carbocycles. The maximum Gasteiger partial charge on any atom is 1.00 e. The third-order valence-electron chi connectivity index (χ3n) is 19.7. The third kappa shape index (κ3) is 26.1. The van der Waals surface area contributed by atoms with E-state index in [0.717, 1.165) is 97.9 Å². The van der Waals surface area contributed by atoms with E-state index in [1.807, 2.05) is 109 Å². The molecule has 1 aliphatic heterocycles. The molecule has 0 saturated carbocycles. The number of carbonyl (C=O) groups is 6. The number of amides is 1. The number of Topliss-reactive ketones (excluding diaryl/α,β-unsaturated/α-hetero) is 4. The van der Waals surface area contributed by atoms with E-state index in [0.29, 0.717) is 96.0 Å². The largest absolute Gasteiger partial charge is 1.00 e. The third-order valence-corrected chi connectivity index (χ3v) is 19.7. The van der Waals surface area contributed by atoms with E-state index in [1.165, 1.54) is 22.3 Å². The summed E-state index contributed by atoms with van der Waals surface area (Å²) in [5.74, 6) is 5.89. The van der Waals surface area contributed by atoms with E-state index >= 15 is 0 Å². The van der Waals surface area contributed by atoms with Crippen molar-refractivity contribution in [1.82, 2.24) is 0 Å². The number of ether oxygens (including phenoxy) is 4. The molecule has 0 spiro atoms. The summed E-state index contributed by atoms with van der Waals surface area (Å²) in [5.41, 5.74) is 9.63. The number of rotatable bonds is 17. The Morgan fingerprint density at radius 2 is 0.692 bits per heavy atom. The molecule has 0 fully saturated rings. The van der Waals surface area contributed by atoms with Crippen LogP contribution in [0.2, 0.25) is 0 Å². The van der Waals surface area contributed by atoms with E-state index in [4.69, 9.17) is 103 Å². The van der Waals surface area contributed by atoms with Crippen LogP contribution in [0.25, 0.3) is 70.0 Å². The summed E-state index contributed by atoms with van der Waals surface area (Å²) in [6, 6.07) is 79.1. The number of nitriles is 6. The second-order valence-electron chi connectivity index (χ2n) is 30.3. The molecule has 130 heavy (non-hydrogen) atoms. The van der Waals surface area contributed by atoms with Crippen LogP contribution in [-0.2, 0) is 40.2 Å². The summed E-state index contributed by atoms with van der Waals surface area (Å²) in [6.07, 6.45) is 4.12. The van der Waals surface area contributed by atoms with Crippen LogP contribution < -0.4 is 138 Å². The minimum atomic E-state index is -0.457. The molecule has 642 valence electrons. The molecule has 0 unspecified atom stereocenters. The van der Waals surface area contributed by atoms with Gasteiger partial charge in [0.25, 0.3) is 18.1 Å². The van der Waals surface area contributed by atoms with Crippen molar-refractivity contribution in [3.05, 3.63) is 306 Å². The maximum atomic E-state index is 12.8. The Bertz CT molecular complexity index is 6610. The van der Waals surface area contributed by atoms with Crippen molar-refractivity contribution in [2.45, 2.75) is 93.9 Å². The molecule has 1 heterocycles. The molecule has 0 bridgehead atoms. The van der Waals surface area contributed by atoms with Gasteiger partial charge in [-0.2, -0.15) is 26.3 Å². The summed E-state index contributed by atoms with van der Waals surface area (Å²) < 4.78 is 24.4. The molecule has 17 rings (SSSR count). The molecule has 13 aromatic rings. The molecule has 1 amide bonds. The molecule has 0 aromatic heterocycles. The minimum absolute atomic E-state index is 0. The second kappa shape index (κ2) is 51.7. The number of hydrogen-bond donors (Lipinski definition) is 0. The molecular formula is C103H82Cl4K2N8O13. The molecule has 0 N–H and O–H groups in total. The summed E-state index contributed by atoms with van der Waals surface area (Å²) in [7, 11) is 0. The SMILES string of the molecule is CC(C)Cc1ccc(Oc2ccc3c4c(cccc24)C(=O)C3=O)cc1.CC(C)Cc1ccc(Oc2ccc3c4c(cccc24)C(=O)C3=O)cc1.CC(C)Cc1ccc(Oc2ccc3c4c(cccc24)C2=NC(=O)C(C#N)=C23)cc1.ClCCl.ClCCl.N#CCC#N.N#CCC#N.O=CO[O-].[C-]#[N+]/C(C#N)=c1\c(=O)c2cccc3c(Oc4ccc(CC(C)C)cc4)ccc1c32.[H-].[K+].[K+]. The van der Waals surface area contributed by atoms with Crippen LogP contribution in [0, 0.1) is 98.2 Å². The van der Waals surface area contributed by atoms with Gasteiger partial charge in [-0.1, -0.05) is 183 Å². The number of nitrogens with zero attached hydrogens (tertiary/aromatic N) is 8. The average Bonchev–Trinajstić information content (AvgIpc) is 1.55. The van der Waals surface area contributed by atoms with Crippen LogP contribution in [0.5, 0.6) is 46.0 Å². The molecule has 27 heteroatoms. The quantitative estimate of drug-likeness (QED) is 0.0155. The Kier molecular flexibility index (Phi) is 41.9. The Morgan fingerprint density at radius 3 is 0.985 bits per heavy atom. The van der Waals surface area contributed by atoms with Gasteiger partial charge in [-0.3, -0.25) is 33.6 Å². The first kappa shape index (κ1) is 105. The van der Waals surface area contributed by atoms with Crippen molar-refractivity contribution in [1.29, 1.82) is 31.6 Å². The fourth-order valence-electron chi connectivity index (χ4n) is 14.8. The van der Waals surface area contributed by atoms with Crippen molar-refractivity contribution in [2.24, 2.45) is 28.7 Å². The molecule has 21 nitrogen and oxygen atoms in total. The van der Waals surface area contributed by atoms with Crippen molar-refractivity contribution in [2.75, 3.05) is 10.7 Å². The van der Waals surface area contributed by atoms with Gasteiger partial charge >= 0.3 is 103 Å². The van der Waals surface area contributed by atoms with E-state index in [1.54, 1.807) is 97.1 Å². The number of alkyl halides is 4. The van der Waals surface area contributed by atoms with Crippen LogP contribution in [0.4, 0.5) is 0 Å². The van der Waals surface area contributed by atoms with Gasteiger partial charge in [-0.15, -0.1) is 46.4 Å². The number of aliphatic imine (C=N–C) groups is 1. The average molecular weight is 1860 g/mol. The van der Waals surface area contributed by atoms with Crippen molar-refractivity contribution in [3.8, 4) is 82.4 Å². The van der Waals surface area contributed by atoms with Gasteiger partial charge in [0.1, 0.15) is 70.5 Å². The fourth-order valence-corrected chi connectivity index (χ4v) is 14.8. The Balaban J connectivity index is 0.000000249. The number of halogens is 4. The first-order chi connectivity index (χ1) is 61.7.